The van der Waals surface area contributed by atoms with Crippen molar-refractivity contribution < 1.29 is 9.47 Å². The summed E-state index contributed by atoms with van der Waals surface area (Å²) in [6.45, 7) is 4.99. The Kier molecular flexibility index (Phi) is 4.25. The highest BCUT2D eigenvalue weighted by Crippen LogP contribution is 2.20. The standard InChI is InChI=1S/C10H12BrO2/c1-8-5-9(11)7-10(6-8)13-4-3-12-2/h5-7H,1,3-4H2,2H3. The van der Waals surface area contributed by atoms with E-state index >= 15 is 0 Å². The molecule has 0 aliphatic heterocycles. The zero-order valence-electron chi connectivity index (χ0n) is 7.55. The quantitative estimate of drug-likeness (QED) is 0.758. The monoisotopic (exact) mass is 243 g/mol. The molecule has 0 spiro atoms. The Bertz CT molecular complexity index is 253. The van der Waals surface area contributed by atoms with Crippen molar-refractivity contribution in [3.63, 3.8) is 0 Å². The molecule has 0 saturated heterocycles. The Balaban J connectivity index is 2.56. The maximum Gasteiger partial charge on any atom is 0.120 e. The van der Waals surface area contributed by atoms with Crippen LogP contribution in [0.2, 0.25) is 0 Å². The van der Waals surface area contributed by atoms with E-state index in [2.05, 4.69) is 22.9 Å². The molecule has 13 heavy (non-hydrogen) atoms. The first kappa shape index (κ1) is 10.5. The Morgan fingerprint density at radius 1 is 1.31 bits per heavy atom. The molecular formula is C10H12BrO2. The van der Waals surface area contributed by atoms with Gasteiger partial charge < -0.3 is 9.47 Å². The first-order valence-electron chi connectivity index (χ1n) is 3.96. The van der Waals surface area contributed by atoms with E-state index in [1.807, 2.05) is 18.2 Å². The molecule has 1 radical (unpaired) electrons. The van der Waals surface area contributed by atoms with Gasteiger partial charge in [-0.1, -0.05) is 15.9 Å². The molecule has 0 aliphatic carbocycles. The normalized spacial score (nSPS) is 10.1. The molecular weight excluding hydrogens is 232 g/mol. The Morgan fingerprint density at radius 2 is 2.08 bits per heavy atom. The van der Waals surface area contributed by atoms with Crippen molar-refractivity contribution in [2.24, 2.45) is 0 Å². The summed E-state index contributed by atoms with van der Waals surface area (Å²) in [7, 11) is 1.65. The van der Waals surface area contributed by atoms with Gasteiger partial charge in [-0.05, 0) is 30.7 Å². The van der Waals surface area contributed by atoms with Crippen LogP contribution in [-0.4, -0.2) is 20.3 Å². The van der Waals surface area contributed by atoms with E-state index in [9.17, 15) is 0 Å². The fourth-order valence-electron chi connectivity index (χ4n) is 0.947. The van der Waals surface area contributed by atoms with Crippen molar-refractivity contribution >= 4 is 15.9 Å². The molecule has 0 heterocycles. The summed E-state index contributed by atoms with van der Waals surface area (Å²) in [6.07, 6.45) is 0. The molecule has 71 valence electrons. The third kappa shape index (κ3) is 3.79. The number of methoxy groups -OCH3 is 1. The van der Waals surface area contributed by atoms with Gasteiger partial charge in [-0.3, -0.25) is 0 Å². The van der Waals surface area contributed by atoms with Crippen LogP contribution in [0.3, 0.4) is 0 Å². The Morgan fingerprint density at radius 3 is 2.69 bits per heavy atom. The van der Waals surface area contributed by atoms with Crippen molar-refractivity contribution in [1.29, 1.82) is 0 Å². The molecule has 0 atom stereocenters. The number of halogens is 1. The molecule has 1 aromatic carbocycles. The Hall–Kier alpha value is -0.540. The lowest BCUT2D eigenvalue weighted by atomic mass is 10.2. The lowest BCUT2D eigenvalue weighted by molar-refractivity contribution is 0.146. The SMILES string of the molecule is [CH2]c1cc(Br)cc(OCCOC)c1. The summed E-state index contributed by atoms with van der Waals surface area (Å²) in [4.78, 5) is 0. The van der Waals surface area contributed by atoms with E-state index in [0.717, 1.165) is 15.8 Å². The predicted octanol–water partition coefficient (Wildman–Crippen LogP) is 2.66. The summed E-state index contributed by atoms with van der Waals surface area (Å²) in [5.74, 6) is 0.816. The molecule has 0 saturated carbocycles. The molecule has 0 aromatic heterocycles. The average Bonchev–Trinajstić information content (AvgIpc) is 2.03. The third-order valence-electron chi connectivity index (χ3n) is 1.49. The maximum absolute atomic E-state index is 5.41. The molecule has 0 amide bonds. The van der Waals surface area contributed by atoms with Crippen LogP contribution < -0.4 is 4.74 Å². The van der Waals surface area contributed by atoms with E-state index in [1.54, 1.807) is 7.11 Å². The average molecular weight is 244 g/mol. The van der Waals surface area contributed by atoms with Gasteiger partial charge in [-0.2, -0.15) is 0 Å². The van der Waals surface area contributed by atoms with Gasteiger partial charge in [0.15, 0.2) is 0 Å². The van der Waals surface area contributed by atoms with Crippen LogP contribution >= 0.6 is 15.9 Å². The minimum absolute atomic E-state index is 0.562. The topological polar surface area (TPSA) is 18.5 Å². The summed E-state index contributed by atoms with van der Waals surface area (Å²) in [6, 6.07) is 5.73. The van der Waals surface area contributed by atoms with Crippen molar-refractivity contribution in [2.45, 2.75) is 0 Å². The molecule has 0 N–H and O–H groups in total. The van der Waals surface area contributed by atoms with E-state index in [1.165, 1.54) is 0 Å². The van der Waals surface area contributed by atoms with Crippen LogP contribution in [0.1, 0.15) is 5.56 Å². The number of rotatable bonds is 4. The second kappa shape index (κ2) is 5.25. The minimum atomic E-state index is 0.562. The predicted molar refractivity (Wildman–Crippen MR) is 56.0 cm³/mol. The van der Waals surface area contributed by atoms with Gasteiger partial charge in [-0.15, -0.1) is 0 Å². The second-order valence-electron chi connectivity index (χ2n) is 2.64. The molecule has 0 fully saturated rings. The van der Waals surface area contributed by atoms with Crippen molar-refractivity contribution in [2.75, 3.05) is 20.3 Å². The van der Waals surface area contributed by atoms with E-state index in [4.69, 9.17) is 9.47 Å². The fourth-order valence-corrected chi connectivity index (χ4v) is 1.47. The summed E-state index contributed by atoms with van der Waals surface area (Å²) < 4.78 is 11.3. The van der Waals surface area contributed by atoms with Crippen LogP contribution in [0.4, 0.5) is 0 Å². The zero-order chi connectivity index (χ0) is 9.68. The smallest absolute Gasteiger partial charge is 0.120 e. The van der Waals surface area contributed by atoms with Crippen molar-refractivity contribution in [3.8, 4) is 5.75 Å². The molecule has 1 rings (SSSR count). The fraction of sp³-hybridized carbons (Fsp3) is 0.300. The van der Waals surface area contributed by atoms with E-state index in [-0.39, 0.29) is 0 Å². The van der Waals surface area contributed by atoms with E-state index in [0.29, 0.717) is 13.2 Å². The minimum Gasteiger partial charge on any atom is -0.491 e. The van der Waals surface area contributed by atoms with Gasteiger partial charge in [0.05, 0.1) is 6.61 Å². The first-order chi connectivity index (χ1) is 6.22. The molecule has 2 nitrogen and oxygen atoms in total. The second-order valence-corrected chi connectivity index (χ2v) is 3.55. The zero-order valence-corrected chi connectivity index (χ0v) is 9.13. The van der Waals surface area contributed by atoms with Gasteiger partial charge in [0.25, 0.3) is 0 Å². The first-order valence-corrected chi connectivity index (χ1v) is 4.76. The van der Waals surface area contributed by atoms with Gasteiger partial charge >= 0.3 is 0 Å². The highest BCUT2D eigenvalue weighted by Gasteiger charge is 1.96. The number of hydrogen-bond donors (Lipinski definition) is 0. The largest absolute Gasteiger partial charge is 0.491 e. The number of hydrogen-bond acceptors (Lipinski definition) is 2. The lowest BCUT2D eigenvalue weighted by Gasteiger charge is -2.06. The van der Waals surface area contributed by atoms with Crippen molar-refractivity contribution in [1.82, 2.24) is 0 Å². The van der Waals surface area contributed by atoms with Crippen LogP contribution in [-0.2, 0) is 4.74 Å². The molecule has 3 heteroatoms. The summed E-state index contributed by atoms with van der Waals surface area (Å²) in [5.41, 5.74) is 0.932. The molecule has 0 aliphatic rings. The van der Waals surface area contributed by atoms with Gasteiger partial charge in [0.1, 0.15) is 12.4 Å². The molecule has 0 unspecified atom stereocenters. The summed E-state index contributed by atoms with van der Waals surface area (Å²) >= 11 is 3.37. The Labute approximate surface area is 87.0 Å². The number of benzene rings is 1. The van der Waals surface area contributed by atoms with Crippen LogP contribution in [0.15, 0.2) is 22.7 Å². The third-order valence-corrected chi connectivity index (χ3v) is 1.95. The molecule has 1 aromatic rings. The van der Waals surface area contributed by atoms with Crippen LogP contribution in [0.5, 0.6) is 5.75 Å². The molecule has 0 bridgehead atoms. The van der Waals surface area contributed by atoms with Crippen LogP contribution in [0.25, 0.3) is 0 Å². The van der Waals surface area contributed by atoms with Gasteiger partial charge in [0.2, 0.25) is 0 Å². The number of ether oxygens (including phenoxy) is 2. The summed E-state index contributed by atoms with van der Waals surface area (Å²) in [5, 5.41) is 0. The van der Waals surface area contributed by atoms with E-state index < -0.39 is 0 Å². The lowest BCUT2D eigenvalue weighted by Crippen LogP contribution is -2.04. The highest BCUT2D eigenvalue weighted by molar-refractivity contribution is 9.10. The van der Waals surface area contributed by atoms with Gasteiger partial charge in [-0.25, -0.2) is 0 Å². The van der Waals surface area contributed by atoms with Crippen molar-refractivity contribution in [3.05, 3.63) is 35.2 Å². The van der Waals surface area contributed by atoms with Crippen LogP contribution in [0, 0.1) is 6.92 Å². The highest BCUT2D eigenvalue weighted by atomic mass is 79.9. The maximum atomic E-state index is 5.41. The van der Waals surface area contributed by atoms with Gasteiger partial charge in [0, 0.05) is 11.6 Å².